The number of nitrogens with one attached hydrogen (secondary N) is 1. The van der Waals surface area contributed by atoms with E-state index in [1.807, 2.05) is 13.0 Å². The van der Waals surface area contributed by atoms with Crippen LogP contribution in [0.15, 0.2) is 29.6 Å². The molecular formula is C19H21F2N9O. The quantitative estimate of drug-likeness (QED) is 0.530. The van der Waals surface area contributed by atoms with Crippen LogP contribution in [-0.4, -0.2) is 64.7 Å². The van der Waals surface area contributed by atoms with Crippen LogP contribution in [0, 0.1) is 6.92 Å². The van der Waals surface area contributed by atoms with Crippen molar-refractivity contribution in [1.29, 1.82) is 0 Å². The normalized spacial score (nSPS) is 19.3. The highest BCUT2D eigenvalue weighted by molar-refractivity contribution is 5.73. The van der Waals surface area contributed by atoms with Crippen molar-refractivity contribution >= 4 is 28.4 Å². The zero-order chi connectivity index (χ0) is 21.9. The van der Waals surface area contributed by atoms with Crippen LogP contribution in [-0.2, 0) is 7.05 Å². The average molecular weight is 429 g/mol. The molecule has 0 radical (unpaired) electrons. The van der Waals surface area contributed by atoms with Crippen LogP contribution in [0.5, 0.6) is 0 Å². The molecule has 1 aliphatic heterocycles. The number of rotatable bonds is 3. The van der Waals surface area contributed by atoms with Crippen molar-refractivity contribution in [1.82, 2.24) is 38.6 Å². The summed E-state index contributed by atoms with van der Waals surface area (Å²) in [5.41, 5.74) is 2.31. The topological polar surface area (TPSA) is 98.2 Å². The van der Waals surface area contributed by atoms with Crippen molar-refractivity contribution in [3.63, 3.8) is 0 Å². The number of hydrogen-bond donors (Lipinski definition) is 1. The molecule has 1 aliphatic rings. The summed E-state index contributed by atoms with van der Waals surface area (Å²) in [7, 11) is 3.18. The van der Waals surface area contributed by atoms with Gasteiger partial charge in [0.15, 0.2) is 11.3 Å². The van der Waals surface area contributed by atoms with Crippen LogP contribution in [0.1, 0.15) is 18.0 Å². The number of pyridine rings is 1. The van der Waals surface area contributed by atoms with Gasteiger partial charge in [0.2, 0.25) is 5.95 Å². The van der Waals surface area contributed by atoms with Crippen LogP contribution in [0.3, 0.4) is 0 Å². The first kappa shape index (κ1) is 19.5. The van der Waals surface area contributed by atoms with E-state index in [-0.39, 0.29) is 18.0 Å². The summed E-state index contributed by atoms with van der Waals surface area (Å²) >= 11 is 0. The van der Waals surface area contributed by atoms with Gasteiger partial charge in [0.1, 0.15) is 17.9 Å². The number of aromatic nitrogens is 7. The van der Waals surface area contributed by atoms with Crippen molar-refractivity contribution in [3.05, 3.63) is 40.8 Å². The van der Waals surface area contributed by atoms with E-state index in [0.29, 0.717) is 23.4 Å². The number of aryl methyl sites for hydroxylation is 2. The Balaban J connectivity index is 1.60. The van der Waals surface area contributed by atoms with E-state index >= 15 is 0 Å². The number of likely N-dealkylation sites (tertiary alicyclic amines) is 1. The zero-order valence-electron chi connectivity index (χ0n) is 17.2. The van der Waals surface area contributed by atoms with E-state index in [9.17, 15) is 13.6 Å². The minimum Gasteiger partial charge on any atom is -0.323 e. The van der Waals surface area contributed by atoms with Gasteiger partial charge in [-0.3, -0.25) is 9.13 Å². The van der Waals surface area contributed by atoms with Gasteiger partial charge in [-0.2, -0.15) is 10.1 Å². The van der Waals surface area contributed by atoms with Crippen LogP contribution in [0.2, 0.25) is 0 Å². The molecule has 0 aromatic carbocycles. The molecule has 5 rings (SSSR count). The Morgan fingerprint density at radius 2 is 2.06 bits per heavy atom. The van der Waals surface area contributed by atoms with E-state index in [0.717, 1.165) is 10.1 Å². The van der Waals surface area contributed by atoms with Gasteiger partial charge in [0, 0.05) is 13.6 Å². The second-order valence-electron chi connectivity index (χ2n) is 7.98. The molecule has 1 atom stereocenters. The Morgan fingerprint density at radius 1 is 1.26 bits per heavy atom. The minimum absolute atomic E-state index is 0.150. The fourth-order valence-electron chi connectivity index (χ4n) is 4.10. The summed E-state index contributed by atoms with van der Waals surface area (Å²) in [6, 6.07) is 0.585. The van der Waals surface area contributed by atoms with Crippen LogP contribution < -0.4 is 11.0 Å². The molecule has 0 bridgehead atoms. The van der Waals surface area contributed by atoms with E-state index < -0.39 is 24.2 Å². The molecule has 1 N–H and O–H groups in total. The summed E-state index contributed by atoms with van der Waals surface area (Å²) in [4.78, 5) is 27.3. The minimum atomic E-state index is -3.06. The summed E-state index contributed by atoms with van der Waals surface area (Å²) in [6.45, 7) is 1.96. The average Bonchev–Trinajstić information content (AvgIpc) is 3.24. The molecule has 0 unspecified atom stereocenters. The highest BCUT2D eigenvalue weighted by atomic mass is 19.3. The standard InChI is InChI=1S/C19H21F2N9O/c1-11-6-15-23-10-24-29(15)8-12(11)25-17-22-7-13-16(26-17)30(18(31)28(13)3)14-4-5-27(2)9-19(14,20)21/h6-8,10,14H,4-5,9H2,1-3H3,(H,22,25,26)/t14-/m1/s1. The largest absolute Gasteiger partial charge is 0.330 e. The summed E-state index contributed by atoms with van der Waals surface area (Å²) < 4.78 is 33.7. The van der Waals surface area contributed by atoms with Crippen molar-refractivity contribution in [2.75, 3.05) is 25.5 Å². The van der Waals surface area contributed by atoms with Crippen molar-refractivity contribution in [2.45, 2.75) is 25.3 Å². The second-order valence-corrected chi connectivity index (χ2v) is 7.98. The number of anilines is 2. The molecule has 31 heavy (non-hydrogen) atoms. The number of halogens is 2. The molecular weight excluding hydrogens is 408 g/mol. The third-order valence-electron chi connectivity index (χ3n) is 5.77. The number of imidazole rings is 1. The van der Waals surface area contributed by atoms with Crippen molar-refractivity contribution < 1.29 is 8.78 Å². The highest BCUT2D eigenvalue weighted by Gasteiger charge is 2.46. The van der Waals surface area contributed by atoms with Crippen LogP contribution in [0.4, 0.5) is 20.4 Å². The molecule has 0 amide bonds. The van der Waals surface area contributed by atoms with Crippen molar-refractivity contribution in [2.24, 2.45) is 7.05 Å². The molecule has 4 aromatic heterocycles. The Labute approximate surface area is 175 Å². The zero-order valence-corrected chi connectivity index (χ0v) is 17.2. The predicted molar refractivity (Wildman–Crippen MR) is 110 cm³/mol. The first-order valence-corrected chi connectivity index (χ1v) is 9.82. The molecule has 12 heteroatoms. The van der Waals surface area contributed by atoms with Gasteiger partial charge >= 0.3 is 5.69 Å². The predicted octanol–water partition coefficient (Wildman–Crippen LogP) is 1.74. The van der Waals surface area contributed by atoms with E-state index in [4.69, 9.17) is 0 Å². The number of fused-ring (bicyclic) bond motifs is 2. The number of hydrogen-bond acceptors (Lipinski definition) is 7. The third kappa shape index (κ3) is 3.14. The molecule has 0 saturated carbocycles. The molecule has 5 heterocycles. The van der Waals surface area contributed by atoms with Gasteiger partial charge in [-0.05, 0) is 32.0 Å². The number of alkyl halides is 2. The maximum atomic E-state index is 14.9. The molecule has 1 fully saturated rings. The Hall–Kier alpha value is -3.41. The van der Waals surface area contributed by atoms with E-state index in [2.05, 4.69) is 25.4 Å². The number of nitrogens with zero attached hydrogens (tertiary/aromatic N) is 8. The monoisotopic (exact) mass is 429 g/mol. The van der Waals surface area contributed by atoms with Gasteiger partial charge < -0.3 is 10.2 Å². The maximum Gasteiger partial charge on any atom is 0.330 e. The van der Waals surface area contributed by atoms with Gasteiger partial charge in [0.25, 0.3) is 5.92 Å². The van der Waals surface area contributed by atoms with Gasteiger partial charge in [-0.25, -0.2) is 28.1 Å². The van der Waals surface area contributed by atoms with Crippen molar-refractivity contribution in [3.8, 4) is 0 Å². The lowest BCUT2D eigenvalue weighted by molar-refractivity contribution is -0.0979. The molecule has 162 valence electrons. The molecule has 10 nitrogen and oxygen atoms in total. The smallest absolute Gasteiger partial charge is 0.323 e. The SMILES string of the molecule is Cc1cc2ncnn2cc1Nc1ncc2c(n1)n([C@@H]1CCN(C)CC1(F)F)c(=O)n2C. The first-order chi connectivity index (χ1) is 14.7. The van der Waals surface area contributed by atoms with Gasteiger partial charge in [-0.1, -0.05) is 0 Å². The molecule has 0 aliphatic carbocycles. The second kappa shape index (κ2) is 6.80. The summed E-state index contributed by atoms with van der Waals surface area (Å²) in [5.74, 6) is -2.86. The third-order valence-corrected chi connectivity index (χ3v) is 5.77. The lowest BCUT2D eigenvalue weighted by atomic mass is 10.0. The Bertz CT molecular complexity index is 1360. The summed E-state index contributed by atoms with van der Waals surface area (Å²) in [6.07, 6.45) is 4.82. The van der Waals surface area contributed by atoms with Gasteiger partial charge in [-0.15, -0.1) is 0 Å². The summed E-state index contributed by atoms with van der Waals surface area (Å²) in [5, 5.41) is 7.21. The Morgan fingerprint density at radius 3 is 2.84 bits per heavy atom. The lowest BCUT2D eigenvalue weighted by Gasteiger charge is -2.36. The van der Waals surface area contributed by atoms with E-state index in [1.54, 1.807) is 22.7 Å². The van der Waals surface area contributed by atoms with Crippen LogP contribution in [0.25, 0.3) is 16.8 Å². The van der Waals surface area contributed by atoms with E-state index in [1.165, 1.54) is 24.1 Å². The lowest BCUT2D eigenvalue weighted by Crippen LogP contribution is -2.49. The van der Waals surface area contributed by atoms with Crippen LogP contribution >= 0.6 is 0 Å². The molecule has 4 aromatic rings. The first-order valence-electron chi connectivity index (χ1n) is 9.82. The molecule has 1 saturated heterocycles. The number of piperidine rings is 1. The molecule has 0 spiro atoms. The fourth-order valence-corrected chi connectivity index (χ4v) is 4.10. The fraction of sp³-hybridized carbons (Fsp3) is 0.421. The van der Waals surface area contributed by atoms with Gasteiger partial charge in [0.05, 0.1) is 24.6 Å². The highest BCUT2D eigenvalue weighted by Crippen LogP contribution is 2.37. The Kier molecular flexibility index (Phi) is 4.29. The maximum absolute atomic E-state index is 14.9.